The maximum atomic E-state index is 6.13. The van der Waals surface area contributed by atoms with E-state index < -0.39 is 0 Å². The van der Waals surface area contributed by atoms with Crippen molar-refractivity contribution in [2.24, 2.45) is 5.92 Å². The van der Waals surface area contributed by atoms with Gasteiger partial charge in [0, 0.05) is 10.9 Å². The quantitative estimate of drug-likeness (QED) is 0.734. The smallest absolute Gasteiger partial charge is 0.0887 e. The summed E-state index contributed by atoms with van der Waals surface area (Å²) in [4.78, 5) is 1.38. The van der Waals surface area contributed by atoms with Crippen molar-refractivity contribution in [3.05, 3.63) is 19.8 Å². The van der Waals surface area contributed by atoms with Gasteiger partial charge >= 0.3 is 0 Å². The van der Waals surface area contributed by atoms with Gasteiger partial charge in [0.15, 0.2) is 0 Å². The Hall–Kier alpha value is 0.430. The third kappa shape index (κ3) is 3.69. The van der Waals surface area contributed by atoms with Gasteiger partial charge in [-0.2, -0.15) is 0 Å². The molecule has 96 valence electrons. The van der Waals surface area contributed by atoms with Gasteiger partial charge in [-0.3, -0.25) is 0 Å². The predicted octanol–water partition coefficient (Wildman–Crippen LogP) is 5.39. The first kappa shape index (κ1) is 13.9. The minimum Gasteiger partial charge on any atom is -0.309 e. The second-order valence-electron chi connectivity index (χ2n) is 4.81. The van der Waals surface area contributed by atoms with Crippen molar-refractivity contribution in [1.82, 2.24) is 5.32 Å². The molecule has 2 rings (SSSR count). The fourth-order valence-corrected chi connectivity index (χ4v) is 4.05. The Balaban J connectivity index is 2.02. The van der Waals surface area contributed by atoms with Gasteiger partial charge in [0.1, 0.15) is 0 Å². The molecule has 4 heteroatoms. The summed E-state index contributed by atoms with van der Waals surface area (Å²) in [6.07, 6.45) is 6.68. The predicted molar refractivity (Wildman–Crippen MR) is 80.0 cm³/mol. The number of hydrogen-bond acceptors (Lipinski definition) is 2. The molecule has 0 saturated heterocycles. The standard InChI is InChI=1S/C13H19BrClNS/c1-2-6-16-11(7-9-4-3-5-9)12-8-10(15)13(14)17-12/h8-9,11,16H,2-7H2,1H3. The van der Waals surface area contributed by atoms with E-state index in [0.29, 0.717) is 6.04 Å². The van der Waals surface area contributed by atoms with E-state index in [1.807, 2.05) is 0 Å². The van der Waals surface area contributed by atoms with Gasteiger partial charge < -0.3 is 5.32 Å². The largest absolute Gasteiger partial charge is 0.309 e. The van der Waals surface area contributed by atoms with Crippen LogP contribution < -0.4 is 5.32 Å². The Kier molecular flexibility index (Phi) is 5.34. The highest BCUT2D eigenvalue weighted by molar-refractivity contribution is 9.11. The van der Waals surface area contributed by atoms with E-state index in [-0.39, 0.29) is 0 Å². The maximum Gasteiger partial charge on any atom is 0.0887 e. The molecule has 0 aliphatic heterocycles. The van der Waals surface area contributed by atoms with Crippen LogP contribution in [0.3, 0.4) is 0 Å². The Labute approximate surface area is 121 Å². The van der Waals surface area contributed by atoms with Crippen LogP contribution in [0.15, 0.2) is 9.85 Å². The highest BCUT2D eigenvalue weighted by Crippen LogP contribution is 2.40. The lowest BCUT2D eigenvalue weighted by Gasteiger charge is -2.29. The van der Waals surface area contributed by atoms with Crippen LogP contribution in [-0.4, -0.2) is 6.54 Å². The molecule has 1 atom stereocenters. The lowest BCUT2D eigenvalue weighted by atomic mass is 9.80. The van der Waals surface area contributed by atoms with Crippen LogP contribution in [-0.2, 0) is 0 Å². The summed E-state index contributed by atoms with van der Waals surface area (Å²) in [5.74, 6) is 0.920. The summed E-state index contributed by atoms with van der Waals surface area (Å²) in [6, 6.07) is 2.61. The van der Waals surface area contributed by atoms with Gasteiger partial charge in [-0.05, 0) is 47.3 Å². The molecule has 0 spiro atoms. The molecule has 17 heavy (non-hydrogen) atoms. The first-order chi connectivity index (χ1) is 8.20. The minimum absolute atomic E-state index is 0.494. The SMILES string of the molecule is CCCNC(CC1CCC1)c1cc(Cl)c(Br)s1. The van der Waals surface area contributed by atoms with Gasteiger partial charge in [0.05, 0.1) is 8.81 Å². The van der Waals surface area contributed by atoms with E-state index in [1.165, 1.54) is 37.0 Å². The number of hydrogen-bond donors (Lipinski definition) is 1. The fraction of sp³-hybridized carbons (Fsp3) is 0.692. The van der Waals surface area contributed by atoms with E-state index >= 15 is 0 Å². The van der Waals surface area contributed by atoms with E-state index in [1.54, 1.807) is 11.3 Å². The molecule has 0 bridgehead atoms. The molecule has 1 aromatic heterocycles. The van der Waals surface area contributed by atoms with Gasteiger partial charge in [-0.1, -0.05) is 37.8 Å². The van der Waals surface area contributed by atoms with Gasteiger partial charge in [0.25, 0.3) is 0 Å². The van der Waals surface area contributed by atoms with E-state index in [4.69, 9.17) is 11.6 Å². The topological polar surface area (TPSA) is 12.0 Å². The van der Waals surface area contributed by atoms with Crippen molar-refractivity contribution >= 4 is 38.9 Å². The zero-order valence-electron chi connectivity index (χ0n) is 10.1. The van der Waals surface area contributed by atoms with Crippen LogP contribution in [0.2, 0.25) is 5.02 Å². The third-order valence-electron chi connectivity index (χ3n) is 3.44. The lowest BCUT2D eigenvalue weighted by molar-refractivity contribution is 0.262. The molecule has 0 amide bonds. The molecule has 1 aliphatic rings. The van der Waals surface area contributed by atoms with Crippen molar-refractivity contribution in [2.75, 3.05) is 6.54 Å². The van der Waals surface area contributed by atoms with Crippen molar-refractivity contribution in [3.8, 4) is 0 Å². The van der Waals surface area contributed by atoms with Gasteiger partial charge in [-0.25, -0.2) is 0 Å². The Bertz CT molecular complexity index is 343. The number of halogens is 2. The summed E-state index contributed by atoms with van der Waals surface area (Å²) in [5, 5.41) is 4.51. The van der Waals surface area contributed by atoms with E-state index in [0.717, 1.165) is 21.3 Å². The maximum absolute atomic E-state index is 6.13. The fourth-order valence-electron chi connectivity index (χ4n) is 2.22. The molecular weight excluding hydrogens is 318 g/mol. The van der Waals surface area contributed by atoms with Crippen LogP contribution in [0, 0.1) is 5.92 Å². The van der Waals surface area contributed by atoms with Crippen molar-refractivity contribution in [1.29, 1.82) is 0 Å². The van der Waals surface area contributed by atoms with Crippen LogP contribution in [0.4, 0.5) is 0 Å². The molecule has 1 nitrogen and oxygen atoms in total. The summed E-state index contributed by atoms with van der Waals surface area (Å²) in [7, 11) is 0. The Morgan fingerprint density at radius 1 is 1.59 bits per heavy atom. The van der Waals surface area contributed by atoms with Crippen molar-refractivity contribution in [3.63, 3.8) is 0 Å². The summed E-state index contributed by atoms with van der Waals surface area (Å²) < 4.78 is 1.06. The van der Waals surface area contributed by atoms with Gasteiger partial charge in [-0.15, -0.1) is 11.3 Å². The highest BCUT2D eigenvalue weighted by atomic mass is 79.9. The molecule has 1 saturated carbocycles. The zero-order valence-corrected chi connectivity index (χ0v) is 13.3. The monoisotopic (exact) mass is 335 g/mol. The molecule has 1 aromatic rings. The van der Waals surface area contributed by atoms with Crippen molar-refractivity contribution in [2.45, 2.75) is 45.1 Å². The third-order valence-corrected chi connectivity index (χ3v) is 6.03. The van der Waals surface area contributed by atoms with Gasteiger partial charge in [0.2, 0.25) is 0 Å². The molecule has 1 heterocycles. The summed E-state index contributed by atoms with van der Waals surface area (Å²) >= 11 is 11.4. The van der Waals surface area contributed by atoms with E-state index in [9.17, 15) is 0 Å². The molecule has 0 aromatic carbocycles. The number of rotatable bonds is 6. The average Bonchev–Trinajstić information content (AvgIpc) is 2.57. The summed E-state index contributed by atoms with van der Waals surface area (Å²) in [5.41, 5.74) is 0. The second kappa shape index (κ2) is 6.55. The van der Waals surface area contributed by atoms with E-state index in [2.05, 4.69) is 34.2 Å². The zero-order chi connectivity index (χ0) is 12.3. The Morgan fingerprint density at radius 2 is 2.35 bits per heavy atom. The average molecular weight is 337 g/mol. The second-order valence-corrected chi connectivity index (χ2v) is 7.62. The molecular formula is C13H19BrClNS. The van der Waals surface area contributed by atoms with Crippen molar-refractivity contribution < 1.29 is 0 Å². The molecule has 0 radical (unpaired) electrons. The van der Waals surface area contributed by atoms with Crippen LogP contribution in [0.5, 0.6) is 0 Å². The normalized spacial score (nSPS) is 18.1. The first-order valence-electron chi connectivity index (χ1n) is 6.38. The Morgan fingerprint density at radius 3 is 2.82 bits per heavy atom. The van der Waals surface area contributed by atoms with Crippen LogP contribution in [0.1, 0.15) is 49.9 Å². The number of thiophene rings is 1. The molecule has 1 aliphatic carbocycles. The molecule has 1 unspecified atom stereocenters. The van der Waals surface area contributed by atoms with Crippen LogP contribution in [0.25, 0.3) is 0 Å². The van der Waals surface area contributed by atoms with Crippen LogP contribution >= 0.6 is 38.9 Å². The first-order valence-corrected chi connectivity index (χ1v) is 8.37. The lowest BCUT2D eigenvalue weighted by Crippen LogP contribution is -2.26. The molecule has 1 N–H and O–H groups in total. The minimum atomic E-state index is 0.494. The molecule has 1 fully saturated rings. The number of nitrogens with one attached hydrogen (secondary N) is 1. The summed E-state index contributed by atoms with van der Waals surface area (Å²) in [6.45, 7) is 3.30. The highest BCUT2D eigenvalue weighted by Gasteiger charge is 2.24.